The SMILES string of the molecule is CC(=O)OC[C@H]1O[C@@H](OCCc2ccc(OC(C)=O)c(OC(C)=O)c2)[C@H](O[C@@H]2OC[C@@](COC(C)=O)(OC(C)=O)[C@@H]2OC(C)=O)[C@@H](O[C@@H]2O[C@@H](C)[C@H](OC(C)=O)[C@@H](OC(C)=O)[C@H]2OC(C)=O)[C@@H]1OC(=O)/C=C/c1ccc(OC(C)=O)c(OC(C)=O)c1. The molecule has 2 aromatic carbocycles. The summed E-state index contributed by atoms with van der Waals surface area (Å²) in [5, 5.41) is 0. The Kier molecular flexibility index (Phi) is 24.7. The van der Waals surface area contributed by atoms with Crippen molar-refractivity contribution in [1.82, 2.24) is 0 Å². The molecule has 0 aromatic heterocycles. The zero-order valence-corrected chi connectivity index (χ0v) is 48.8. The van der Waals surface area contributed by atoms with Crippen LogP contribution in [0.2, 0.25) is 0 Å². The molecule has 0 spiro atoms. The quantitative estimate of drug-likeness (QED) is 0.0630. The maximum Gasteiger partial charge on any atom is 0.331 e. The van der Waals surface area contributed by atoms with Crippen molar-refractivity contribution in [3.63, 3.8) is 0 Å². The van der Waals surface area contributed by atoms with Gasteiger partial charge in [-0.3, -0.25) is 52.7 Å². The number of carbonyl (C=O) groups is 12. The minimum atomic E-state index is -2.14. The molecule has 86 heavy (non-hydrogen) atoms. The van der Waals surface area contributed by atoms with Gasteiger partial charge in [0.15, 0.2) is 72.4 Å². The molecule has 2 aromatic rings. The number of carbonyl (C=O) groups excluding carboxylic acids is 12. The normalized spacial score (nSPS) is 25.9. The molecule has 30 nitrogen and oxygen atoms in total. The Morgan fingerprint density at radius 2 is 1.03 bits per heavy atom. The maximum absolute atomic E-state index is 14.4. The second-order valence-corrected chi connectivity index (χ2v) is 19.3. The van der Waals surface area contributed by atoms with Gasteiger partial charge in [0.25, 0.3) is 0 Å². The van der Waals surface area contributed by atoms with Gasteiger partial charge in [-0.15, -0.1) is 0 Å². The summed E-state index contributed by atoms with van der Waals surface area (Å²) in [6, 6.07) is 8.12. The van der Waals surface area contributed by atoms with Crippen molar-refractivity contribution in [3.8, 4) is 23.0 Å². The van der Waals surface area contributed by atoms with Crippen LogP contribution in [-0.2, 0) is 130 Å². The third-order valence-electron chi connectivity index (χ3n) is 12.0. The zero-order chi connectivity index (χ0) is 63.7. The topological polar surface area (TPSA) is 371 Å². The summed E-state index contributed by atoms with van der Waals surface area (Å²) >= 11 is 0. The Morgan fingerprint density at radius 1 is 0.500 bits per heavy atom. The molecule has 0 saturated carbocycles. The minimum absolute atomic E-state index is 0.0844. The van der Waals surface area contributed by atoms with E-state index < -0.39 is 177 Å². The first-order valence-corrected chi connectivity index (χ1v) is 26.3. The summed E-state index contributed by atoms with van der Waals surface area (Å²) in [5.41, 5.74) is -1.58. The van der Waals surface area contributed by atoms with Crippen LogP contribution in [0.1, 0.15) is 94.2 Å². The van der Waals surface area contributed by atoms with E-state index in [1.807, 2.05) is 0 Å². The van der Waals surface area contributed by atoms with Gasteiger partial charge in [0.05, 0.1) is 19.3 Å². The third kappa shape index (κ3) is 20.1. The van der Waals surface area contributed by atoms with E-state index in [4.69, 9.17) is 85.3 Å². The summed E-state index contributed by atoms with van der Waals surface area (Å²) in [5.74, 6) is -11.4. The molecule has 3 heterocycles. The van der Waals surface area contributed by atoms with E-state index in [0.717, 1.165) is 82.2 Å². The predicted octanol–water partition coefficient (Wildman–Crippen LogP) is 2.32. The lowest BCUT2D eigenvalue weighted by Crippen LogP contribution is -2.67. The van der Waals surface area contributed by atoms with Crippen LogP contribution in [0.15, 0.2) is 42.5 Å². The molecule has 3 fully saturated rings. The Labute approximate surface area is 491 Å². The van der Waals surface area contributed by atoms with Crippen molar-refractivity contribution >= 4 is 77.7 Å². The molecule has 0 N–H and O–H groups in total. The number of rotatable bonds is 24. The van der Waals surface area contributed by atoms with Crippen molar-refractivity contribution in [1.29, 1.82) is 0 Å². The fraction of sp³-hybridized carbons (Fsp3) is 0.536. The Balaban J connectivity index is 1.75. The molecule has 3 saturated heterocycles. The molecule has 5 rings (SSSR count). The van der Waals surface area contributed by atoms with Crippen molar-refractivity contribution in [2.24, 2.45) is 0 Å². The number of ether oxygens (including phenoxy) is 18. The molecule has 13 atom stereocenters. The van der Waals surface area contributed by atoms with Crippen molar-refractivity contribution in [2.45, 2.75) is 169 Å². The molecule has 30 heteroatoms. The van der Waals surface area contributed by atoms with Crippen molar-refractivity contribution in [2.75, 3.05) is 26.4 Å². The van der Waals surface area contributed by atoms with E-state index in [1.54, 1.807) is 0 Å². The molecule has 470 valence electrons. The molecule has 3 aliphatic rings. The molecule has 0 radical (unpaired) electrons. The molecular formula is C56H66O30. The van der Waals surface area contributed by atoms with Crippen LogP contribution in [0.25, 0.3) is 6.08 Å². The fourth-order valence-electron chi connectivity index (χ4n) is 8.94. The first-order chi connectivity index (χ1) is 40.4. The highest BCUT2D eigenvalue weighted by Crippen LogP contribution is 2.40. The van der Waals surface area contributed by atoms with Gasteiger partial charge < -0.3 is 85.3 Å². The van der Waals surface area contributed by atoms with Gasteiger partial charge in [-0.05, 0) is 54.8 Å². The lowest BCUT2D eigenvalue weighted by Gasteiger charge is -2.49. The summed E-state index contributed by atoms with van der Waals surface area (Å²) in [6.45, 7) is 10.3. The van der Waals surface area contributed by atoms with Gasteiger partial charge in [0.1, 0.15) is 31.5 Å². The van der Waals surface area contributed by atoms with Gasteiger partial charge in [-0.25, -0.2) is 4.79 Å². The Bertz CT molecular complexity index is 2900. The third-order valence-corrected chi connectivity index (χ3v) is 12.0. The highest BCUT2D eigenvalue weighted by atomic mass is 16.8. The van der Waals surface area contributed by atoms with E-state index in [9.17, 15) is 57.5 Å². The molecule has 0 aliphatic carbocycles. The predicted molar refractivity (Wildman–Crippen MR) is 279 cm³/mol. The van der Waals surface area contributed by atoms with Crippen molar-refractivity contribution < 1.29 is 143 Å². The van der Waals surface area contributed by atoms with Gasteiger partial charge in [0, 0.05) is 82.2 Å². The number of esters is 12. The second kappa shape index (κ2) is 31.1. The Hall–Kier alpha value is -8.42. The van der Waals surface area contributed by atoms with E-state index in [1.165, 1.54) is 49.4 Å². The minimum Gasteiger partial charge on any atom is -0.463 e. The zero-order valence-electron chi connectivity index (χ0n) is 48.8. The van der Waals surface area contributed by atoms with Crippen LogP contribution in [0, 0.1) is 0 Å². The molecule has 3 aliphatic heterocycles. The number of benzene rings is 2. The van der Waals surface area contributed by atoms with Crippen molar-refractivity contribution in [3.05, 3.63) is 53.6 Å². The van der Waals surface area contributed by atoms with E-state index in [-0.39, 0.29) is 35.0 Å². The summed E-state index contributed by atoms with van der Waals surface area (Å²) in [7, 11) is 0. The average molecular weight is 1220 g/mol. The van der Waals surface area contributed by atoms with Gasteiger partial charge in [-0.1, -0.05) is 12.1 Å². The first kappa shape index (κ1) is 68.4. The van der Waals surface area contributed by atoms with Gasteiger partial charge in [0.2, 0.25) is 5.60 Å². The number of hydrogen-bond donors (Lipinski definition) is 0. The largest absolute Gasteiger partial charge is 0.463 e. The first-order valence-electron chi connectivity index (χ1n) is 26.3. The van der Waals surface area contributed by atoms with Crippen LogP contribution in [-0.4, -0.2) is 177 Å². The summed E-state index contributed by atoms with van der Waals surface area (Å²) in [4.78, 5) is 151. The molecule has 0 amide bonds. The van der Waals surface area contributed by atoms with Gasteiger partial charge in [-0.2, -0.15) is 0 Å². The smallest absolute Gasteiger partial charge is 0.331 e. The number of hydrogen-bond acceptors (Lipinski definition) is 30. The standard InChI is InChI=1S/C56H66O30/c1-26-46(78-33(8)63)48(79-34(9)64)51(80-35(10)65)54(73-26)84-49-47(83-45(68)18-15-38-13-16-40(74-29(4)59)42(21-38)76-31(6)61)44(23-70-27(2)57)82-53(69-20-19-39-14-17-41(75-30(5)60)43(22-39)77-32(7)62)50(49)85-55-52(81-36(11)66)56(25-72-55,86-37(12)67)24-71-28(3)58/h13-18,21-22,26,44,46-55H,19-20,23-25H2,1-12H3/b18-15+/t26-,44+,46-,47+,48+,49-,50+,51+,52+,53+,54-,55-,56+/m0/s1. The highest BCUT2D eigenvalue weighted by Gasteiger charge is 2.61. The maximum atomic E-state index is 14.4. The van der Waals surface area contributed by atoms with E-state index >= 15 is 0 Å². The van der Waals surface area contributed by atoms with Gasteiger partial charge >= 0.3 is 71.6 Å². The Morgan fingerprint density at radius 3 is 1.59 bits per heavy atom. The lowest BCUT2D eigenvalue weighted by atomic mass is 9.95. The van der Waals surface area contributed by atoms with Crippen LogP contribution in [0.3, 0.4) is 0 Å². The van der Waals surface area contributed by atoms with Crippen LogP contribution >= 0.6 is 0 Å². The highest BCUT2D eigenvalue weighted by molar-refractivity contribution is 5.87. The molecule has 0 bridgehead atoms. The van der Waals surface area contributed by atoms with Crippen LogP contribution in [0.5, 0.6) is 23.0 Å². The molecular weight excluding hydrogens is 1150 g/mol. The van der Waals surface area contributed by atoms with Crippen LogP contribution in [0.4, 0.5) is 0 Å². The fourth-order valence-corrected chi connectivity index (χ4v) is 8.94. The average Bonchev–Trinajstić information content (AvgIpc) is 1.40. The second-order valence-electron chi connectivity index (χ2n) is 19.3. The monoisotopic (exact) mass is 1220 g/mol. The van der Waals surface area contributed by atoms with E-state index in [2.05, 4.69) is 0 Å². The lowest BCUT2D eigenvalue weighted by molar-refractivity contribution is -0.375. The summed E-state index contributed by atoms with van der Waals surface area (Å²) in [6.07, 6.45) is -19.6. The molecule has 0 unspecified atom stereocenters. The van der Waals surface area contributed by atoms with E-state index in [0.29, 0.717) is 5.56 Å². The summed E-state index contributed by atoms with van der Waals surface area (Å²) < 4.78 is 105. The van der Waals surface area contributed by atoms with Crippen LogP contribution < -0.4 is 18.9 Å².